The number of carbonyl (C=O) groups is 2. The highest BCUT2D eigenvalue weighted by Crippen LogP contribution is 2.34. The number of rotatable bonds is 4. The van der Waals surface area contributed by atoms with Crippen molar-refractivity contribution in [3.05, 3.63) is 34.2 Å². The van der Waals surface area contributed by atoms with Crippen molar-refractivity contribution in [3.63, 3.8) is 0 Å². The third kappa shape index (κ3) is 3.51. The third-order valence-corrected chi connectivity index (χ3v) is 4.30. The van der Waals surface area contributed by atoms with E-state index in [-0.39, 0.29) is 6.54 Å². The van der Waals surface area contributed by atoms with Crippen molar-refractivity contribution in [3.8, 4) is 6.07 Å². The smallest absolute Gasteiger partial charge is 0.326 e. The lowest BCUT2D eigenvalue weighted by Crippen LogP contribution is -2.31. The standard InChI is InChI=1S/C14H11ClN2O3S/c1-8(6-16)20-11(18)7-17-14(19)13-12(15)9-4-2-3-5-10(9)21-13/h2-5,8H,7H2,1H3,(H,17,19). The van der Waals surface area contributed by atoms with Crippen LogP contribution in [0.25, 0.3) is 10.1 Å². The van der Waals surface area contributed by atoms with E-state index in [2.05, 4.69) is 5.32 Å². The number of thiophene rings is 1. The minimum atomic E-state index is -0.845. The molecule has 1 atom stereocenters. The third-order valence-electron chi connectivity index (χ3n) is 2.62. The normalized spacial score (nSPS) is 11.7. The lowest BCUT2D eigenvalue weighted by atomic mass is 10.2. The Bertz CT molecular complexity index is 735. The second kappa shape index (κ2) is 6.57. The Morgan fingerprint density at radius 2 is 2.19 bits per heavy atom. The monoisotopic (exact) mass is 322 g/mol. The van der Waals surface area contributed by atoms with Gasteiger partial charge in [0, 0.05) is 10.1 Å². The highest BCUT2D eigenvalue weighted by Gasteiger charge is 2.18. The van der Waals surface area contributed by atoms with Gasteiger partial charge in [-0.1, -0.05) is 29.8 Å². The summed E-state index contributed by atoms with van der Waals surface area (Å²) in [5.74, 6) is -1.11. The maximum atomic E-state index is 12.0. The number of nitrogens with one attached hydrogen (secondary N) is 1. The first-order chi connectivity index (χ1) is 10.0. The first-order valence-electron chi connectivity index (χ1n) is 6.07. The number of carbonyl (C=O) groups excluding carboxylic acids is 2. The number of hydrogen-bond acceptors (Lipinski definition) is 5. The van der Waals surface area contributed by atoms with Gasteiger partial charge in [0.25, 0.3) is 5.91 Å². The lowest BCUT2D eigenvalue weighted by molar-refractivity contribution is -0.144. The quantitative estimate of drug-likeness (QED) is 0.878. The van der Waals surface area contributed by atoms with Crippen LogP contribution in [0.4, 0.5) is 0 Å². The molecule has 108 valence electrons. The Kier molecular flexibility index (Phi) is 4.78. The molecule has 1 aromatic heterocycles. The number of esters is 1. The van der Waals surface area contributed by atoms with Crippen molar-refractivity contribution >= 4 is 44.9 Å². The Morgan fingerprint density at radius 1 is 1.48 bits per heavy atom. The number of amides is 1. The average molecular weight is 323 g/mol. The second-order valence-electron chi connectivity index (χ2n) is 4.19. The molecule has 0 fully saturated rings. The highest BCUT2D eigenvalue weighted by atomic mass is 35.5. The summed E-state index contributed by atoms with van der Waals surface area (Å²) in [4.78, 5) is 23.8. The van der Waals surface area contributed by atoms with Gasteiger partial charge in [-0.15, -0.1) is 11.3 Å². The van der Waals surface area contributed by atoms with E-state index in [0.717, 1.165) is 10.1 Å². The van der Waals surface area contributed by atoms with Crippen molar-refractivity contribution in [1.29, 1.82) is 5.26 Å². The van der Waals surface area contributed by atoms with Crippen LogP contribution in [0.2, 0.25) is 5.02 Å². The molecule has 1 unspecified atom stereocenters. The summed E-state index contributed by atoms with van der Waals surface area (Å²) in [5, 5.41) is 12.1. The van der Waals surface area contributed by atoms with E-state index < -0.39 is 18.0 Å². The van der Waals surface area contributed by atoms with Gasteiger partial charge in [0.15, 0.2) is 6.10 Å². The Balaban J connectivity index is 2.04. The van der Waals surface area contributed by atoms with Crippen molar-refractivity contribution < 1.29 is 14.3 Å². The fourth-order valence-corrected chi connectivity index (χ4v) is 3.09. The van der Waals surface area contributed by atoms with Crippen molar-refractivity contribution in [2.45, 2.75) is 13.0 Å². The molecule has 7 heteroatoms. The molecule has 2 aromatic rings. The maximum absolute atomic E-state index is 12.0. The van der Waals surface area contributed by atoms with E-state index in [1.165, 1.54) is 18.3 Å². The number of fused-ring (bicyclic) bond motifs is 1. The largest absolute Gasteiger partial charge is 0.446 e. The summed E-state index contributed by atoms with van der Waals surface area (Å²) in [6.07, 6.45) is -0.845. The molecule has 1 heterocycles. The van der Waals surface area contributed by atoms with Gasteiger partial charge in [0.1, 0.15) is 17.5 Å². The van der Waals surface area contributed by atoms with Crippen LogP contribution >= 0.6 is 22.9 Å². The number of nitrogens with zero attached hydrogens (tertiary/aromatic N) is 1. The molecule has 1 aromatic carbocycles. The van der Waals surface area contributed by atoms with Crippen molar-refractivity contribution in [2.75, 3.05) is 6.54 Å². The number of hydrogen-bond donors (Lipinski definition) is 1. The first-order valence-corrected chi connectivity index (χ1v) is 7.26. The number of ether oxygens (including phenoxy) is 1. The minimum Gasteiger partial charge on any atom is -0.446 e. The van der Waals surface area contributed by atoms with Gasteiger partial charge in [-0.25, -0.2) is 0 Å². The van der Waals surface area contributed by atoms with E-state index in [1.807, 2.05) is 24.3 Å². The van der Waals surface area contributed by atoms with Gasteiger partial charge < -0.3 is 10.1 Å². The van der Waals surface area contributed by atoms with Crippen LogP contribution in [0.5, 0.6) is 0 Å². The van der Waals surface area contributed by atoms with Crippen LogP contribution < -0.4 is 5.32 Å². The summed E-state index contributed by atoms with van der Waals surface area (Å²) in [5.41, 5.74) is 0. The SMILES string of the molecule is CC(C#N)OC(=O)CNC(=O)c1sc2ccccc2c1Cl. The molecule has 0 aliphatic heterocycles. The molecule has 0 bridgehead atoms. The zero-order chi connectivity index (χ0) is 15.4. The average Bonchev–Trinajstić information content (AvgIpc) is 2.82. The van der Waals surface area contributed by atoms with E-state index in [9.17, 15) is 9.59 Å². The van der Waals surface area contributed by atoms with E-state index in [4.69, 9.17) is 21.6 Å². The molecule has 0 aliphatic carbocycles. The lowest BCUT2D eigenvalue weighted by Gasteiger charge is -2.06. The molecule has 0 spiro atoms. The molecule has 5 nitrogen and oxygen atoms in total. The van der Waals surface area contributed by atoms with Crippen LogP contribution in [-0.4, -0.2) is 24.5 Å². The fraction of sp³-hybridized carbons (Fsp3) is 0.214. The summed E-state index contributed by atoms with van der Waals surface area (Å²) >= 11 is 7.42. The molecule has 1 N–H and O–H groups in total. The molecule has 1 amide bonds. The Labute approximate surface area is 130 Å². The molecule has 0 saturated carbocycles. The van der Waals surface area contributed by atoms with Crippen LogP contribution in [0.1, 0.15) is 16.6 Å². The number of nitriles is 1. The van der Waals surface area contributed by atoms with Gasteiger partial charge in [-0.3, -0.25) is 9.59 Å². The van der Waals surface area contributed by atoms with E-state index >= 15 is 0 Å². The van der Waals surface area contributed by atoms with Gasteiger partial charge in [-0.2, -0.15) is 5.26 Å². The van der Waals surface area contributed by atoms with Gasteiger partial charge in [-0.05, 0) is 13.0 Å². The number of benzene rings is 1. The predicted octanol–water partition coefficient (Wildman–Crippen LogP) is 2.74. The van der Waals surface area contributed by atoms with Crippen LogP contribution in [-0.2, 0) is 9.53 Å². The van der Waals surface area contributed by atoms with Crippen LogP contribution in [0, 0.1) is 11.3 Å². The summed E-state index contributed by atoms with van der Waals surface area (Å²) in [6.45, 7) is 1.14. The molecule has 0 radical (unpaired) electrons. The zero-order valence-electron chi connectivity index (χ0n) is 11.1. The molecule has 2 rings (SSSR count). The van der Waals surface area contributed by atoms with Crippen molar-refractivity contribution in [1.82, 2.24) is 5.32 Å². The topological polar surface area (TPSA) is 79.2 Å². The van der Waals surface area contributed by atoms with Gasteiger partial charge >= 0.3 is 5.97 Å². The van der Waals surface area contributed by atoms with Crippen molar-refractivity contribution in [2.24, 2.45) is 0 Å². The molecular weight excluding hydrogens is 312 g/mol. The maximum Gasteiger partial charge on any atom is 0.326 e. The van der Waals surface area contributed by atoms with E-state index in [1.54, 1.807) is 6.07 Å². The predicted molar refractivity (Wildman–Crippen MR) is 80.3 cm³/mol. The van der Waals surface area contributed by atoms with Gasteiger partial charge in [0.05, 0.1) is 5.02 Å². The Morgan fingerprint density at radius 3 is 2.86 bits per heavy atom. The minimum absolute atomic E-state index is 0.310. The van der Waals surface area contributed by atoms with E-state index in [0.29, 0.717) is 9.90 Å². The summed E-state index contributed by atoms with van der Waals surface area (Å²) < 4.78 is 5.63. The molecule has 0 saturated heterocycles. The second-order valence-corrected chi connectivity index (χ2v) is 5.62. The van der Waals surface area contributed by atoms with Crippen LogP contribution in [0.3, 0.4) is 0 Å². The molecular formula is C14H11ClN2O3S. The molecule has 0 aliphatic rings. The Hall–Kier alpha value is -2.10. The number of halogens is 1. The highest BCUT2D eigenvalue weighted by molar-refractivity contribution is 7.21. The summed E-state index contributed by atoms with van der Waals surface area (Å²) in [7, 11) is 0. The molecule has 21 heavy (non-hydrogen) atoms. The first kappa shape index (κ1) is 15.3. The fourth-order valence-electron chi connectivity index (χ4n) is 1.66. The van der Waals surface area contributed by atoms with Gasteiger partial charge in [0.2, 0.25) is 0 Å². The van der Waals surface area contributed by atoms with Crippen LogP contribution in [0.15, 0.2) is 24.3 Å². The zero-order valence-corrected chi connectivity index (χ0v) is 12.6. The summed E-state index contributed by atoms with van der Waals surface area (Å²) in [6, 6.07) is 9.16.